The minimum atomic E-state index is 0.274. The lowest BCUT2D eigenvalue weighted by molar-refractivity contribution is 0.265. The van der Waals surface area contributed by atoms with Gasteiger partial charge in [0.15, 0.2) is 0 Å². The first-order valence-corrected chi connectivity index (χ1v) is 5.68. The third kappa shape index (κ3) is 2.06. The molecule has 1 saturated heterocycles. The van der Waals surface area contributed by atoms with E-state index in [1.165, 1.54) is 0 Å². The monoisotopic (exact) mass is 230 g/mol. The van der Waals surface area contributed by atoms with E-state index < -0.39 is 0 Å². The van der Waals surface area contributed by atoms with E-state index in [9.17, 15) is 0 Å². The maximum absolute atomic E-state index is 5.76. The van der Waals surface area contributed by atoms with E-state index in [-0.39, 0.29) is 6.10 Å². The first-order chi connectivity index (χ1) is 8.38. The van der Waals surface area contributed by atoms with Crippen LogP contribution in [-0.4, -0.2) is 26.4 Å². The molecule has 1 unspecified atom stereocenters. The van der Waals surface area contributed by atoms with Gasteiger partial charge in [-0.1, -0.05) is 24.3 Å². The average Bonchev–Trinajstić information content (AvgIpc) is 3.19. The third-order valence-corrected chi connectivity index (χ3v) is 2.89. The lowest BCUT2D eigenvalue weighted by atomic mass is 10.1. The van der Waals surface area contributed by atoms with Gasteiger partial charge in [-0.15, -0.1) is 0 Å². The molecule has 0 aliphatic carbocycles. The highest BCUT2D eigenvalue weighted by molar-refractivity contribution is 5.93. The van der Waals surface area contributed by atoms with Crippen molar-refractivity contribution in [3.05, 3.63) is 36.4 Å². The Bertz CT molecular complexity index is 532. The summed E-state index contributed by atoms with van der Waals surface area (Å²) in [6, 6.07) is 12.0. The van der Waals surface area contributed by atoms with E-state index in [4.69, 9.17) is 14.2 Å². The molecule has 0 bridgehead atoms. The fourth-order valence-electron chi connectivity index (χ4n) is 1.90. The Hall–Kier alpha value is -1.74. The van der Waals surface area contributed by atoms with Gasteiger partial charge in [0.2, 0.25) is 0 Å². The van der Waals surface area contributed by atoms with Crippen LogP contribution in [0.15, 0.2) is 36.4 Å². The van der Waals surface area contributed by atoms with Crippen LogP contribution in [0.25, 0.3) is 10.8 Å². The summed E-state index contributed by atoms with van der Waals surface area (Å²) in [7, 11) is 1.68. The summed E-state index contributed by atoms with van der Waals surface area (Å²) < 4.78 is 16.2. The van der Waals surface area contributed by atoms with Gasteiger partial charge in [0.1, 0.15) is 24.2 Å². The summed E-state index contributed by atoms with van der Waals surface area (Å²) >= 11 is 0. The zero-order valence-corrected chi connectivity index (χ0v) is 9.68. The number of benzene rings is 2. The number of methoxy groups -OCH3 is 1. The van der Waals surface area contributed by atoms with Crippen molar-refractivity contribution in [1.82, 2.24) is 0 Å². The van der Waals surface area contributed by atoms with E-state index in [1.54, 1.807) is 7.11 Å². The molecule has 1 atom stereocenters. The molecule has 0 amide bonds. The molecule has 0 aromatic heterocycles. The van der Waals surface area contributed by atoms with Gasteiger partial charge in [0.25, 0.3) is 0 Å². The number of epoxide rings is 1. The first-order valence-electron chi connectivity index (χ1n) is 5.68. The van der Waals surface area contributed by atoms with E-state index >= 15 is 0 Å². The van der Waals surface area contributed by atoms with Crippen LogP contribution in [0.1, 0.15) is 0 Å². The molecule has 0 radical (unpaired) electrons. The fourth-order valence-corrected chi connectivity index (χ4v) is 1.90. The van der Waals surface area contributed by atoms with Gasteiger partial charge in [-0.25, -0.2) is 0 Å². The molecule has 1 fully saturated rings. The highest BCUT2D eigenvalue weighted by atomic mass is 16.6. The smallest absolute Gasteiger partial charge is 0.127 e. The highest BCUT2D eigenvalue weighted by Crippen LogP contribution is 2.32. The van der Waals surface area contributed by atoms with Gasteiger partial charge in [-0.2, -0.15) is 0 Å². The molecule has 3 nitrogen and oxygen atoms in total. The average molecular weight is 230 g/mol. The van der Waals surface area contributed by atoms with E-state index in [0.717, 1.165) is 28.9 Å². The van der Waals surface area contributed by atoms with Crippen LogP contribution in [0.4, 0.5) is 0 Å². The van der Waals surface area contributed by atoms with Crippen molar-refractivity contribution in [2.45, 2.75) is 6.10 Å². The third-order valence-electron chi connectivity index (χ3n) is 2.89. The van der Waals surface area contributed by atoms with E-state index in [0.29, 0.717) is 6.61 Å². The van der Waals surface area contributed by atoms with Gasteiger partial charge >= 0.3 is 0 Å². The molecule has 1 aliphatic heterocycles. The molecular formula is C14H14O3. The predicted molar refractivity (Wildman–Crippen MR) is 65.7 cm³/mol. The Labute approximate surface area is 99.9 Å². The SMILES string of the molecule is COc1cccc2c(OCC3CO3)cccc12. The highest BCUT2D eigenvalue weighted by Gasteiger charge is 2.23. The largest absolute Gasteiger partial charge is 0.496 e. The second-order valence-corrected chi connectivity index (χ2v) is 4.08. The lowest BCUT2D eigenvalue weighted by Gasteiger charge is -2.10. The molecule has 2 aromatic carbocycles. The minimum absolute atomic E-state index is 0.274. The summed E-state index contributed by atoms with van der Waals surface area (Å²) in [5.74, 6) is 1.76. The van der Waals surface area contributed by atoms with Gasteiger partial charge in [0.05, 0.1) is 13.7 Å². The zero-order chi connectivity index (χ0) is 11.7. The summed E-state index contributed by atoms with van der Waals surface area (Å²) in [6.45, 7) is 1.43. The van der Waals surface area contributed by atoms with Crippen molar-refractivity contribution >= 4 is 10.8 Å². The van der Waals surface area contributed by atoms with Crippen molar-refractivity contribution in [2.24, 2.45) is 0 Å². The van der Waals surface area contributed by atoms with Crippen molar-refractivity contribution in [3.63, 3.8) is 0 Å². The molecule has 3 rings (SSSR count). The summed E-state index contributed by atoms with van der Waals surface area (Å²) in [6.07, 6.45) is 0.274. The second-order valence-electron chi connectivity index (χ2n) is 4.08. The molecule has 88 valence electrons. The molecule has 0 saturated carbocycles. The molecule has 17 heavy (non-hydrogen) atoms. The van der Waals surface area contributed by atoms with Crippen LogP contribution < -0.4 is 9.47 Å². The molecule has 3 heteroatoms. The van der Waals surface area contributed by atoms with Crippen LogP contribution in [0.3, 0.4) is 0 Å². The quantitative estimate of drug-likeness (QED) is 0.756. The maximum atomic E-state index is 5.76. The summed E-state index contributed by atoms with van der Waals surface area (Å²) in [4.78, 5) is 0. The van der Waals surface area contributed by atoms with E-state index in [2.05, 4.69) is 0 Å². The van der Waals surface area contributed by atoms with Crippen LogP contribution in [0, 0.1) is 0 Å². The molecule has 1 heterocycles. The van der Waals surface area contributed by atoms with Crippen LogP contribution in [-0.2, 0) is 4.74 Å². The Morgan fingerprint density at radius 1 is 1.12 bits per heavy atom. The topological polar surface area (TPSA) is 31.0 Å². The van der Waals surface area contributed by atoms with Crippen LogP contribution in [0.2, 0.25) is 0 Å². The van der Waals surface area contributed by atoms with Crippen molar-refractivity contribution in [1.29, 1.82) is 0 Å². The first kappa shape index (κ1) is 10.4. The van der Waals surface area contributed by atoms with Crippen molar-refractivity contribution < 1.29 is 14.2 Å². The fraction of sp³-hybridized carbons (Fsp3) is 0.286. The number of rotatable bonds is 4. The minimum Gasteiger partial charge on any atom is -0.496 e. The molecular weight excluding hydrogens is 216 g/mol. The number of fused-ring (bicyclic) bond motifs is 1. The Morgan fingerprint density at radius 2 is 1.76 bits per heavy atom. The van der Waals surface area contributed by atoms with Crippen molar-refractivity contribution in [3.8, 4) is 11.5 Å². The maximum Gasteiger partial charge on any atom is 0.127 e. The Morgan fingerprint density at radius 3 is 2.41 bits per heavy atom. The number of hydrogen-bond acceptors (Lipinski definition) is 3. The van der Waals surface area contributed by atoms with Gasteiger partial charge in [-0.05, 0) is 12.1 Å². The molecule has 0 N–H and O–H groups in total. The van der Waals surface area contributed by atoms with Crippen LogP contribution >= 0.6 is 0 Å². The molecule has 1 aliphatic rings. The van der Waals surface area contributed by atoms with Crippen LogP contribution in [0.5, 0.6) is 11.5 Å². The normalized spacial score (nSPS) is 18.1. The summed E-state index contributed by atoms with van der Waals surface area (Å²) in [5.41, 5.74) is 0. The Kier molecular flexibility index (Phi) is 2.61. The zero-order valence-electron chi connectivity index (χ0n) is 9.68. The van der Waals surface area contributed by atoms with Gasteiger partial charge < -0.3 is 14.2 Å². The summed E-state index contributed by atoms with van der Waals surface area (Å²) in [5, 5.41) is 2.15. The number of ether oxygens (including phenoxy) is 3. The van der Waals surface area contributed by atoms with Gasteiger partial charge in [-0.3, -0.25) is 0 Å². The standard InChI is InChI=1S/C14H14O3/c1-15-13-6-2-5-12-11(13)4-3-7-14(12)17-9-10-8-16-10/h2-7,10H,8-9H2,1H3. The van der Waals surface area contributed by atoms with E-state index in [1.807, 2.05) is 36.4 Å². The lowest BCUT2D eigenvalue weighted by Crippen LogP contribution is -2.04. The Balaban J connectivity index is 1.99. The number of hydrogen-bond donors (Lipinski definition) is 0. The molecule has 0 spiro atoms. The predicted octanol–water partition coefficient (Wildman–Crippen LogP) is 2.63. The van der Waals surface area contributed by atoms with Crippen molar-refractivity contribution in [2.75, 3.05) is 20.3 Å². The second kappa shape index (κ2) is 4.26. The molecule has 2 aromatic rings. The van der Waals surface area contributed by atoms with Gasteiger partial charge in [0, 0.05) is 10.8 Å².